The van der Waals surface area contributed by atoms with Gasteiger partial charge in [-0.3, -0.25) is 4.21 Å². The van der Waals surface area contributed by atoms with Crippen molar-refractivity contribution in [2.75, 3.05) is 6.54 Å². The Hall–Kier alpha value is -0.670. The van der Waals surface area contributed by atoms with Crippen LogP contribution < -0.4 is 5.32 Å². The third-order valence-electron chi connectivity index (χ3n) is 2.95. The van der Waals surface area contributed by atoms with E-state index in [9.17, 15) is 4.21 Å². The molecule has 2 rings (SSSR count). The summed E-state index contributed by atoms with van der Waals surface area (Å²) >= 11 is 0. The van der Waals surface area contributed by atoms with Crippen molar-refractivity contribution in [1.29, 1.82) is 0 Å². The van der Waals surface area contributed by atoms with Gasteiger partial charge in [-0.15, -0.1) is 0 Å². The molecule has 82 valence electrons. The second-order valence-electron chi connectivity index (χ2n) is 4.08. The number of aryl methyl sites for hydroxylation is 1. The van der Waals surface area contributed by atoms with Crippen LogP contribution in [-0.4, -0.2) is 16.0 Å². The first-order valence-corrected chi connectivity index (χ1v) is 6.61. The van der Waals surface area contributed by atoms with Crippen LogP contribution in [0.15, 0.2) is 23.1 Å². The molecule has 1 aromatic carbocycles. The molecule has 0 amide bonds. The Balaban J connectivity index is 2.47. The summed E-state index contributed by atoms with van der Waals surface area (Å²) in [7, 11) is -0.845. The first-order valence-electron chi connectivity index (χ1n) is 5.39. The number of benzene rings is 1. The van der Waals surface area contributed by atoms with Crippen LogP contribution >= 0.6 is 0 Å². The zero-order valence-electron chi connectivity index (χ0n) is 9.41. The number of nitrogens with one attached hydrogen (secondary N) is 1. The van der Waals surface area contributed by atoms with Gasteiger partial charge in [0.25, 0.3) is 0 Å². The van der Waals surface area contributed by atoms with E-state index in [-0.39, 0.29) is 11.3 Å². The van der Waals surface area contributed by atoms with Crippen molar-refractivity contribution in [1.82, 2.24) is 5.32 Å². The van der Waals surface area contributed by atoms with Crippen LogP contribution in [0, 0.1) is 6.92 Å². The Morgan fingerprint density at radius 1 is 1.47 bits per heavy atom. The fraction of sp³-hybridized carbons (Fsp3) is 0.500. The summed E-state index contributed by atoms with van der Waals surface area (Å²) in [5.41, 5.74) is 2.46. The Labute approximate surface area is 93.5 Å². The minimum atomic E-state index is -0.845. The highest BCUT2D eigenvalue weighted by molar-refractivity contribution is 7.86. The molecular weight excluding hydrogens is 206 g/mol. The lowest BCUT2D eigenvalue weighted by molar-refractivity contribution is 0.546. The molecule has 3 heteroatoms. The van der Waals surface area contributed by atoms with Crippen molar-refractivity contribution in [3.8, 4) is 0 Å². The summed E-state index contributed by atoms with van der Waals surface area (Å²) in [6.07, 6.45) is 0. The molecule has 3 unspecified atom stereocenters. The number of hydrogen-bond donors (Lipinski definition) is 1. The third-order valence-corrected chi connectivity index (χ3v) is 4.70. The molecule has 1 aliphatic rings. The van der Waals surface area contributed by atoms with Gasteiger partial charge in [0.05, 0.1) is 16.0 Å². The van der Waals surface area contributed by atoms with Gasteiger partial charge in [-0.05, 0) is 32.0 Å². The highest BCUT2D eigenvalue weighted by Gasteiger charge is 2.34. The first-order chi connectivity index (χ1) is 7.15. The van der Waals surface area contributed by atoms with Gasteiger partial charge in [0.1, 0.15) is 0 Å². The van der Waals surface area contributed by atoms with E-state index in [0.29, 0.717) is 0 Å². The van der Waals surface area contributed by atoms with Crippen LogP contribution in [0.2, 0.25) is 0 Å². The van der Waals surface area contributed by atoms with Gasteiger partial charge in [-0.1, -0.05) is 24.6 Å². The number of hydrogen-bond acceptors (Lipinski definition) is 2. The maximum Gasteiger partial charge on any atom is 0.0580 e. The average molecular weight is 223 g/mol. The average Bonchev–Trinajstić information content (AvgIpc) is 2.44. The second-order valence-corrected chi connectivity index (χ2v) is 5.86. The predicted octanol–water partition coefficient (Wildman–Crippen LogP) is 2.16. The summed E-state index contributed by atoms with van der Waals surface area (Å²) in [5.74, 6) is 0. The molecule has 2 nitrogen and oxygen atoms in total. The highest BCUT2D eigenvalue weighted by Crippen LogP contribution is 2.36. The number of rotatable bonds is 2. The SMILES string of the molecule is CCNC1c2cc(C)ccc2S(=O)C1C. The lowest BCUT2D eigenvalue weighted by Crippen LogP contribution is -2.27. The Bertz CT molecular complexity index is 403. The quantitative estimate of drug-likeness (QED) is 0.832. The molecule has 0 saturated carbocycles. The monoisotopic (exact) mass is 223 g/mol. The van der Waals surface area contributed by atoms with Gasteiger partial charge in [0, 0.05) is 10.9 Å². The largest absolute Gasteiger partial charge is 0.309 e. The van der Waals surface area contributed by atoms with Gasteiger partial charge in [-0.25, -0.2) is 0 Å². The highest BCUT2D eigenvalue weighted by atomic mass is 32.2. The van der Waals surface area contributed by atoms with Crippen LogP contribution in [0.3, 0.4) is 0 Å². The minimum absolute atomic E-state index is 0.182. The molecule has 15 heavy (non-hydrogen) atoms. The van der Waals surface area contributed by atoms with Crippen LogP contribution in [-0.2, 0) is 10.8 Å². The molecule has 0 fully saturated rings. The maximum atomic E-state index is 12.1. The van der Waals surface area contributed by atoms with Gasteiger partial charge in [0.2, 0.25) is 0 Å². The van der Waals surface area contributed by atoms with E-state index >= 15 is 0 Å². The molecule has 1 heterocycles. The molecule has 0 spiro atoms. The summed E-state index contributed by atoms with van der Waals surface area (Å²) in [6.45, 7) is 7.14. The van der Waals surface area contributed by atoms with Crippen molar-refractivity contribution in [3.05, 3.63) is 29.3 Å². The standard InChI is InChI=1S/C12H17NOS/c1-4-13-12-9(3)15(14)11-6-5-8(2)7-10(11)12/h5-7,9,12-13H,4H2,1-3H3. The van der Waals surface area contributed by atoms with Gasteiger partial charge in [-0.2, -0.15) is 0 Å². The van der Waals surface area contributed by atoms with Gasteiger partial charge in [0.15, 0.2) is 0 Å². The normalized spacial score (nSPS) is 29.1. The first kappa shape index (κ1) is 10.8. The summed E-state index contributed by atoms with van der Waals surface area (Å²) < 4.78 is 12.1. The molecule has 0 saturated heterocycles. The van der Waals surface area contributed by atoms with Crippen molar-refractivity contribution >= 4 is 10.8 Å². The van der Waals surface area contributed by atoms with E-state index in [0.717, 1.165) is 11.4 Å². The summed E-state index contributed by atoms with van der Waals surface area (Å²) in [5, 5.41) is 3.60. The van der Waals surface area contributed by atoms with Crippen LogP contribution in [0.4, 0.5) is 0 Å². The van der Waals surface area contributed by atoms with E-state index < -0.39 is 10.8 Å². The van der Waals surface area contributed by atoms with Crippen LogP contribution in [0.25, 0.3) is 0 Å². The van der Waals surface area contributed by atoms with E-state index in [2.05, 4.69) is 32.2 Å². The number of fused-ring (bicyclic) bond motifs is 1. The molecule has 0 bridgehead atoms. The van der Waals surface area contributed by atoms with E-state index in [1.165, 1.54) is 11.1 Å². The van der Waals surface area contributed by atoms with Gasteiger partial charge >= 0.3 is 0 Å². The zero-order chi connectivity index (χ0) is 11.0. The van der Waals surface area contributed by atoms with Crippen molar-refractivity contribution < 1.29 is 4.21 Å². The van der Waals surface area contributed by atoms with Crippen LogP contribution in [0.1, 0.15) is 31.0 Å². The molecular formula is C12H17NOS. The summed E-state index contributed by atoms with van der Waals surface area (Å²) in [6, 6.07) is 6.46. The fourth-order valence-corrected chi connectivity index (χ4v) is 3.68. The Morgan fingerprint density at radius 3 is 2.87 bits per heavy atom. The van der Waals surface area contributed by atoms with Crippen molar-refractivity contribution in [3.63, 3.8) is 0 Å². The molecule has 3 atom stereocenters. The van der Waals surface area contributed by atoms with Crippen LogP contribution in [0.5, 0.6) is 0 Å². The Morgan fingerprint density at radius 2 is 2.20 bits per heavy atom. The topological polar surface area (TPSA) is 29.1 Å². The molecule has 0 radical (unpaired) electrons. The zero-order valence-corrected chi connectivity index (χ0v) is 10.2. The molecule has 1 aliphatic heterocycles. The van der Waals surface area contributed by atoms with Gasteiger partial charge < -0.3 is 5.32 Å². The molecule has 0 aliphatic carbocycles. The fourth-order valence-electron chi connectivity index (χ4n) is 2.17. The van der Waals surface area contributed by atoms with E-state index in [1.54, 1.807) is 0 Å². The smallest absolute Gasteiger partial charge is 0.0580 e. The summed E-state index contributed by atoms with van der Waals surface area (Å²) in [4.78, 5) is 1.01. The van der Waals surface area contributed by atoms with E-state index in [1.807, 2.05) is 12.1 Å². The minimum Gasteiger partial charge on any atom is -0.309 e. The third kappa shape index (κ3) is 1.74. The van der Waals surface area contributed by atoms with Crippen molar-refractivity contribution in [2.45, 2.75) is 37.0 Å². The lowest BCUT2D eigenvalue weighted by Gasteiger charge is -2.16. The lowest BCUT2D eigenvalue weighted by atomic mass is 10.0. The second kappa shape index (κ2) is 4.06. The van der Waals surface area contributed by atoms with E-state index in [4.69, 9.17) is 0 Å². The Kier molecular flexibility index (Phi) is 2.94. The maximum absolute atomic E-state index is 12.1. The predicted molar refractivity (Wildman–Crippen MR) is 63.5 cm³/mol. The van der Waals surface area contributed by atoms with Crippen molar-refractivity contribution in [2.24, 2.45) is 0 Å². The molecule has 1 aromatic rings. The molecule has 0 aromatic heterocycles. The molecule has 1 N–H and O–H groups in total.